The lowest BCUT2D eigenvalue weighted by atomic mass is 10.2. The van der Waals surface area contributed by atoms with Gasteiger partial charge in [0.2, 0.25) is 15.9 Å². The molecule has 0 aliphatic rings. The summed E-state index contributed by atoms with van der Waals surface area (Å²) in [6.07, 6.45) is 1.48. The van der Waals surface area contributed by atoms with Crippen LogP contribution in [-0.4, -0.2) is 20.9 Å². The second-order valence-electron chi connectivity index (χ2n) is 5.05. The molecule has 0 saturated heterocycles. The molecule has 0 heterocycles. The molecular formula is C17H13Cl3N2O4. The van der Waals surface area contributed by atoms with Crippen LogP contribution in [-0.2, 0) is 4.79 Å². The van der Waals surface area contributed by atoms with Crippen molar-refractivity contribution in [3.05, 3.63) is 76.4 Å². The Morgan fingerprint density at radius 2 is 1.85 bits per heavy atom. The number of nitrogens with zero attached hydrogens (tertiary/aromatic N) is 1. The summed E-state index contributed by atoms with van der Waals surface area (Å²) in [6.45, 7) is 0. The summed E-state index contributed by atoms with van der Waals surface area (Å²) in [5.41, 5.74) is 0.619. The summed E-state index contributed by atoms with van der Waals surface area (Å²) in [5.74, 6) is -0.488. The highest BCUT2D eigenvalue weighted by atomic mass is 35.6. The van der Waals surface area contributed by atoms with E-state index in [1.165, 1.54) is 24.3 Å². The molecule has 0 unspecified atom stereocenters. The van der Waals surface area contributed by atoms with E-state index < -0.39 is 20.9 Å². The van der Waals surface area contributed by atoms with Crippen LogP contribution in [0, 0.1) is 10.1 Å². The van der Waals surface area contributed by atoms with E-state index in [1.807, 2.05) is 30.3 Å². The molecule has 2 rings (SSSR count). The molecule has 26 heavy (non-hydrogen) atoms. The van der Waals surface area contributed by atoms with Crippen LogP contribution in [0.2, 0.25) is 0 Å². The number of nitro groups is 1. The monoisotopic (exact) mass is 414 g/mol. The molecule has 2 aromatic rings. The third kappa shape index (κ3) is 6.22. The number of alkyl halides is 3. The topological polar surface area (TPSA) is 81.5 Å². The van der Waals surface area contributed by atoms with Gasteiger partial charge in [-0.15, -0.1) is 0 Å². The van der Waals surface area contributed by atoms with Crippen molar-refractivity contribution in [3.8, 4) is 5.75 Å². The van der Waals surface area contributed by atoms with Gasteiger partial charge in [-0.05, 0) is 17.7 Å². The Bertz CT molecular complexity index is 807. The van der Waals surface area contributed by atoms with Crippen molar-refractivity contribution in [1.82, 2.24) is 5.32 Å². The van der Waals surface area contributed by atoms with Crippen molar-refractivity contribution >= 4 is 52.5 Å². The van der Waals surface area contributed by atoms with Gasteiger partial charge in [0, 0.05) is 12.1 Å². The van der Waals surface area contributed by atoms with Crippen molar-refractivity contribution < 1.29 is 14.5 Å². The molecule has 0 saturated carbocycles. The Labute approximate surface area is 164 Å². The van der Waals surface area contributed by atoms with Crippen LogP contribution in [0.25, 0.3) is 6.08 Å². The highest BCUT2D eigenvalue weighted by molar-refractivity contribution is 6.68. The van der Waals surface area contributed by atoms with Crippen LogP contribution in [0.4, 0.5) is 5.69 Å². The smallest absolute Gasteiger partial charge is 0.273 e. The Hall–Kier alpha value is -2.28. The van der Waals surface area contributed by atoms with Crippen molar-refractivity contribution in [2.45, 2.75) is 10.0 Å². The fourth-order valence-corrected chi connectivity index (χ4v) is 2.20. The summed E-state index contributed by atoms with van der Waals surface area (Å²) in [6, 6.07) is 14.4. The molecule has 9 heteroatoms. The lowest BCUT2D eigenvalue weighted by molar-refractivity contribution is -0.384. The number of carbonyl (C=O) groups is 1. The minimum absolute atomic E-state index is 0.0721. The number of hydrogen-bond donors (Lipinski definition) is 1. The largest absolute Gasteiger partial charge is 0.466 e. The van der Waals surface area contributed by atoms with Gasteiger partial charge in [-0.25, -0.2) is 0 Å². The maximum atomic E-state index is 12.1. The van der Waals surface area contributed by atoms with Gasteiger partial charge in [0.25, 0.3) is 5.69 Å². The summed E-state index contributed by atoms with van der Waals surface area (Å²) in [5, 5.41) is 13.2. The van der Waals surface area contributed by atoms with Crippen LogP contribution in [0.1, 0.15) is 5.56 Å². The molecule has 0 fully saturated rings. The zero-order chi connectivity index (χ0) is 19.2. The van der Waals surface area contributed by atoms with Crippen molar-refractivity contribution in [2.75, 3.05) is 0 Å². The number of ether oxygens (including phenoxy) is 1. The van der Waals surface area contributed by atoms with Gasteiger partial charge in [0.15, 0.2) is 0 Å². The molecule has 0 aliphatic heterocycles. The van der Waals surface area contributed by atoms with E-state index in [0.717, 1.165) is 11.6 Å². The SMILES string of the molecule is O=C(/C=C/c1ccccc1)N[C@@H](Oc1cccc([N+](=O)[O-])c1)C(Cl)(Cl)Cl. The predicted octanol–water partition coefficient (Wildman–Crippen LogP) is 4.50. The highest BCUT2D eigenvalue weighted by Crippen LogP contribution is 2.32. The molecule has 2 aromatic carbocycles. The summed E-state index contributed by atoms with van der Waals surface area (Å²) in [4.78, 5) is 22.3. The first-order chi connectivity index (χ1) is 12.3. The van der Waals surface area contributed by atoms with Crippen LogP contribution in [0.15, 0.2) is 60.7 Å². The number of amides is 1. The van der Waals surface area contributed by atoms with Gasteiger partial charge in [-0.1, -0.05) is 71.2 Å². The van der Waals surface area contributed by atoms with Crippen molar-refractivity contribution in [3.63, 3.8) is 0 Å². The maximum Gasteiger partial charge on any atom is 0.273 e. The summed E-state index contributed by atoms with van der Waals surface area (Å²) >= 11 is 17.5. The van der Waals surface area contributed by atoms with Crippen LogP contribution in [0.5, 0.6) is 5.75 Å². The predicted molar refractivity (Wildman–Crippen MR) is 101 cm³/mol. The summed E-state index contributed by atoms with van der Waals surface area (Å²) in [7, 11) is 0. The van der Waals surface area contributed by atoms with E-state index in [2.05, 4.69) is 5.32 Å². The van der Waals surface area contributed by atoms with Crippen molar-refractivity contribution in [2.24, 2.45) is 0 Å². The number of nitro benzene ring substituents is 1. The van der Waals surface area contributed by atoms with Gasteiger partial charge in [0.05, 0.1) is 11.0 Å². The maximum absolute atomic E-state index is 12.1. The first kappa shape index (κ1) is 20.0. The number of non-ortho nitro benzene ring substituents is 1. The highest BCUT2D eigenvalue weighted by Gasteiger charge is 2.36. The summed E-state index contributed by atoms with van der Waals surface area (Å²) < 4.78 is 3.43. The molecule has 1 atom stereocenters. The van der Waals surface area contributed by atoms with Crippen molar-refractivity contribution in [1.29, 1.82) is 0 Å². The molecule has 0 spiro atoms. The van der Waals surface area contributed by atoms with E-state index >= 15 is 0 Å². The van der Waals surface area contributed by atoms with Gasteiger partial charge in [-0.3, -0.25) is 14.9 Å². The first-order valence-electron chi connectivity index (χ1n) is 7.27. The molecule has 1 N–H and O–H groups in total. The number of hydrogen-bond acceptors (Lipinski definition) is 4. The average molecular weight is 416 g/mol. The third-order valence-electron chi connectivity index (χ3n) is 3.08. The standard InChI is InChI=1S/C17H13Cl3N2O4/c18-17(19,20)16(26-14-8-4-7-13(11-14)22(24)25)21-15(23)10-9-12-5-2-1-3-6-12/h1-11,16H,(H,21,23)/b10-9+/t16-/m0/s1. The molecule has 1 amide bonds. The number of benzene rings is 2. The molecule has 0 radical (unpaired) electrons. The molecule has 6 nitrogen and oxygen atoms in total. The molecule has 0 aliphatic carbocycles. The van der Waals surface area contributed by atoms with Gasteiger partial charge in [-0.2, -0.15) is 0 Å². The lowest BCUT2D eigenvalue weighted by Crippen LogP contribution is -2.47. The Kier molecular flexibility index (Phi) is 6.85. The van der Waals surface area contributed by atoms with Crippen LogP contribution < -0.4 is 10.1 Å². The van der Waals surface area contributed by atoms with E-state index in [4.69, 9.17) is 39.5 Å². The Balaban J connectivity index is 2.10. The minimum atomic E-state index is -2.00. The van der Waals surface area contributed by atoms with E-state index in [9.17, 15) is 14.9 Å². The Morgan fingerprint density at radius 3 is 2.46 bits per heavy atom. The van der Waals surface area contributed by atoms with E-state index in [0.29, 0.717) is 0 Å². The molecule has 0 bridgehead atoms. The van der Waals surface area contributed by atoms with Crippen LogP contribution in [0.3, 0.4) is 0 Å². The van der Waals surface area contributed by atoms with E-state index in [-0.39, 0.29) is 11.4 Å². The molecule has 0 aromatic heterocycles. The number of nitrogens with one attached hydrogen (secondary N) is 1. The number of carbonyl (C=O) groups excluding carboxylic acids is 1. The minimum Gasteiger partial charge on any atom is -0.466 e. The second kappa shape index (κ2) is 8.89. The normalized spacial score (nSPS) is 12.6. The quantitative estimate of drug-likeness (QED) is 0.248. The van der Waals surface area contributed by atoms with Gasteiger partial charge < -0.3 is 10.1 Å². The molecule has 136 valence electrons. The number of halogens is 3. The van der Waals surface area contributed by atoms with Crippen LogP contribution >= 0.6 is 34.8 Å². The first-order valence-corrected chi connectivity index (χ1v) is 8.40. The lowest BCUT2D eigenvalue weighted by Gasteiger charge is -2.25. The fraction of sp³-hybridized carbons (Fsp3) is 0.118. The fourth-order valence-electron chi connectivity index (χ4n) is 1.90. The molecular weight excluding hydrogens is 403 g/mol. The Morgan fingerprint density at radius 1 is 1.15 bits per heavy atom. The van der Waals surface area contributed by atoms with Gasteiger partial charge >= 0.3 is 0 Å². The number of rotatable bonds is 6. The van der Waals surface area contributed by atoms with Gasteiger partial charge in [0.1, 0.15) is 5.75 Å². The zero-order valence-corrected chi connectivity index (χ0v) is 15.4. The zero-order valence-electron chi connectivity index (χ0n) is 13.1. The van der Waals surface area contributed by atoms with E-state index in [1.54, 1.807) is 6.08 Å². The average Bonchev–Trinajstić information content (AvgIpc) is 2.60. The second-order valence-corrected chi connectivity index (χ2v) is 7.42. The third-order valence-corrected chi connectivity index (χ3v) is 3.67.